The molecule has 2 saturated heterocycles. The molecule has 3 rings (SSSR count). The third-order valence-electron chi connectivity index (χ3n) is 4.93. The molecular formula is C19H29N3O2. The van der Waals surface area contributed by atoms with Gasteiger partial charge in [0.1, 0.15) is 5.60 Å². The van der Waals surface area contributed by atoms with Crippen molar-refractivity contribution in [3.63, 3.8) is 0 Å². The van der Waals surface area contributed by atoms with Gasteiger partial charge in [-0.3, -0.25) is 4.98 Å². The number of pyridine rings is 1. The Morgan fingerprint density at radius 2 is 1.88 bits per heavy atom. The maximum Gasteiger partial charge on any atom is 0.410 e. The second-order valence-corrected chi connectivity index (χ2v) is 8.00. The molecule has 3 heterocycles. The van der Waals surface area contributed by atoms with Crippen molar-refractivity contribution in [1.82, 2.24) is 15.2 Å². The van der Waals surface area contributed by atoms with Crippen LogP contribution in [-0.2, 0) is 11.2 Å². The summed E-state index contributed by atoms with van der Waals surface area (Å²) in [4.78, 5) is 18.5. The van der Waals surface area contributed by atoms with E-state index in [2.05, 4.69) is 22.4 Å². The summed E-state index contributed by atoms with van der Waals surface area (Å²) in [6, 6.07) is 5.30. The van der Waals surface area contributed by atoms with E-state index in [1.165, 1.54) is 5.56 Å². The normalized spacial score (nSPS) is 26.5. The number of carbonyl (C=O) groups excluding carboxylic acids is 1. The van der Waals surface area contributed by atoms with Crippen molar-refractivity contribution >= 4 is 6.09 Å². The molecule has 2 aliphatic heterocycles. The van der Waals surface area contributed by atoms with Gasteiger partial charge in [-0.1, -0.05) is 0 Å². The maximum absolute atomic E-state index is 12.5. The monoisotopic (exact) mass is 331 g/mol. The second kappa shape index (κ2) is 7.09. The molecule has 0 aliphatic carbocycles. The van der Waals surface area contributed by atoms with Crippen LogP contribution in [0.3, 0.4) is 0 Å². The minimum Gasteiger partial charge on any atom is -0.444 e. The number of nitrogens with zero attached hydrogens (tertiary/aromatic N) is 2. The molecule has 132 valence electrons. The molecule has 5 nitrogen and oxygen atoms in total. The van der Waals surface area contributed by atoms with E-state index < -0.39 is 5.60 Å². The van der Waals surface area contributed by atoms with Gasteiger partial charge in [-0.05, 0) is 77.1 Å². The summed E-state index contributed by atoms with van der Waals surface area (Å²) >= 11 is 0. The first-order valence-electron chi connectivity index (χ1n) is 9.06. The summed E-state index contributed by atoms with van der Waals surface area (Å²) in [5.74, 6) is 0. The van der Waals surface area contributed by atoms with Gasteiger partial charge < -0.3 is 15.0 Å². The lowest BCUT2D eigenvalue weighted by atomic mass is 9.97. The maximum atomic E-state index is 12.5. The predicted molar refractivity (Wildman–Crippen MR) is 93.8 cm³/mol. The molecule has 5 heteroatoms. The number of nitrogens with one attached hydrogen (secondary N) is 1. The van der Waals surface area contributed by atoms with Crippen molar-refractivity contribution < 1.29 is 9.53 Å². The SMILES string of the molecule is CC(C)(C)OC(=O)N1C2CCC1CC(NCCc1ccncc1)C2. The lowest BCUT2D eigenvalue weighted by Gasteiger charge is -2.39. The number of rotatable bonds is 4. The van der Waals surface area contributed by atoms with Crippen molar-refractivity contribution in [1.29, 1.82) is 0 Å². The molecule has 2 unspecified atom stereocenters. The van der Waals surface area contributed by atoms with E-state index >= 15 is 0 Å². The van der Waals surface area contributed by atoms with E-state index in [1.54, 1.807) is 0 Å². The van der Waals surface area contributed by atoms with Crippen molar-refractivity contribution in [2.45, 2.75) is 76.6 Å². The number of carbonyl (C=O) groups is 1. The van der Waals surface area contributed by atoms with Gasteiger partial charge in [-0.15, -0.1) is 0 Å². The third-order valence-corrected chi connectivity index (χ3v) is 4.93. The molecular weight excluding hydrogens is 302 g/mol. The minimum atomic E-state index is -0.420. The summed E-state index contributed by atoms with van der Waals surface area (Å²) < 4.78 is 5.59. The van der Waals surface area contributed by atoms with Crippen molar-refractivity contribution in [2.24, 2.45) is 0 Å². The van der Waals surface area contributed by atoms with Crippen molar-refractivity contribution in [2.75, 3.05) is 6.54 Å². The molecule has 0 spiro atoms. The average molecular weight is 331 g/mol. The molecule has 2 fully saturated rings. The predicted octanol–water partition coefficient (Wildman–Crippen LogP) is 3.14. The summed E-state index contributed by atoms with van der Waals surface area (Å²) in [5, 5.41) is 3.68. The molecule has 2 aliphatic rings. The van der Waals surface area contributed by atoms with E-state index in [9.17, 15) is 4.79 Å². The molecule has 0 saturated carbocycles. The van der Waals surface area contributed by atoms with E-state index in [1.807, 2.05) is 38.1 Å². The molecule has 0 radical (unpaired) electrons. The van der Waals surface area contributed by atoms with Crippen molar-refractivity contribution in [3.05, 3.63) is 30.1 Å². The van der Waals surface area contributed by atoms with Crippen molar-refractivity contribution in [3.8, 4) is 0 Å². The van der Waals surface area contributed by atoms with Gasteiger partial charge in [-0.25, -0.2) is 4.79 Å². The van der Waals surface area contributed by atoms with Crippen LogP contribution in [-0.4, -0.2) is 46.2 Å². The molecule has 0 aromatic carbocycles. The van der Waals surface area contributed by atoms with Gasteiger partial charge in [0.25, 0.3) is 0 Å². The Bertz CT molecular complexity index is 541. The molecule has 1 aromatic heterocycles. The van der Waals surface area contributed by atoms with Crippen LogP contribution in [0.1, 0.15) is 52.0 Å². The Balaban J connectivity index is 1.49. The molecule has 1 N–H and O–H groups in total. The second-order valence-electron chi connectivity index (χ2n) is 8.00. The molecule has 2 bridgehead atoms. The van der Waals surface area contributed by atoms with Crippen LogP contribution in [0.15, 0.2) is 24.5 Å². The highest BCUT2D eigenvalue weighted by Gasteiger charge is 2.44. The van der Waals surface area contributed by atoms with Gasteiger partial charge in [0.05, 0.1) is 0 Å². The van der Waals surface area contributed by atoms with E-state index in [4.69, 9.17) is 4.74 Å². The summed E-state index contributed by atoms with van der Waals surface area (Å²) in [6.45, 7) is 6.77. The minimum absolute atomic E-state index is 0.134. The highest BCUT2D eigenvalue weighted by molar-refractivity contribution is 5.69. The molecule has 24 heavy (non-hydrogen) atoms. The standard InChI is InChI=1S/C19H29N3O2/c1-19(2,3)24-18(23)22-16-4-5-17(22)13-15(12-16)21-11-8-14-6-9-20-10-7-14/h6-7,9-10,15-17,21H,4-5,8,11-13H2,1-3H3. The van der Waals surface area contributed by atoms with Gasteiger partial charge >= 0.3 is 6.09 Å². The zero-order valence-corrected chi connectivity index (χ0v) is 15.0. The number of amides is 1. The van der Waals surface area contributed by atoms with E-state index in [-0.39, 0.29) is 6.09 Å². The summed E-state index contributed by atoms with van der Waals surface area (Å²) in [5.41, 5.74) is 0.891. The quantitative estimate of drug-likeness (QED) is 0.921. The third kappa shape index (κ3) is 4.26. The summed E-state index contributed by atoms with van der Waals surface area (Å²) in [6.07, 6.45) is 8.84. The first kappa shape index (κ1) is 17.2. The Morgan fingerprint density at radius 1 is 1.25 bits per heavy atom. The van der Waals surface area contributed by atoms with Crippen LogP contribution < -0.4 is 5.32 Å². The van der Waals surface area contributed by atoms with Gasteiger partial charge in [0.15, 0.2) is 0 Å². The highest BCUT2D eigenvalue weighted by atomic mass is 16.6. The first-order valence-corrected chi connectivity index (χ1v) is 9.06. The van der Waals surface area contributed by atoms with Crippen LogP contribution >= 0.6 is 0 Å². The number of piperidine rings is 1. The Labute approximate surface area is 144 Å². The number of hydrogen-bond acceptors (Lipinski definition) is 4. The lowest BCUT2D eigenvalue weighted by molar-refractivity contribution is 0.00478. The van der Waals surface area contributed by atoms with Crippen LogP contribution in [0, 0.1) is 0 Å². The fraction of sp³-hybridized carbons (Fsp3) is 0.684. The van der Waals surface area contributed by atoms with E-state index in [0.29, 0.717) is 18.1 Å². The highest BCUT2D eigenvalue weighted by Crippen LogP contribution is 2.36. The van der Waals surface area contributed by atoms with Gasteiger partial charge in [0, 0.05) is 30.5 Å². The number of hydrogen-bond donors (Lipinski definition) is 1. The number of fused-ring (bicyclic) bond motifs is 2. The largest absolute Gasteiger partial charge is 0.444 e. The average Bonchev–Trinajstić information content (AvgIpc) is 2.78. The Kier molecular flexibility index (Phi) is 5.09. The Hall–Kier alpha value is -1.62. The number of aromatic nitrogens is 1. The fourth-order valence-corrected chi connectivity index (χ4v) is 3.93. The molecule has 1 aromatic rings. The van der Waals surface area contributed by atoms with Crippen LogP contribution in [0.4, 0.5) is 4.79 Å². The van der Waals surface area contributed by atoms with Crippen LogP contribution in [0.2, 0.25) is 0 Å². The van der Waals surface area contributed by atoms with Gasteiger partial charge in [0.2, 0.25) is 0 Å². The zero-order chi connectivity index (χ0) is 17.2. The van der Waals surface area contributed by atoms with Crippen LogP contribution in [0.5, 0.6) is 0 Å². The smallest absolute Gasteiger partial charge is 0.410 e. The van der Waals surface area contributed by atoms with E-state index in [0.717, 1.165) is 38.6 Å². The zero-order valence-electron chi connectivity index (χ0n) is 15.0. The van der Waals surface area contributed by atoms with Crippen LogP contribution in [0.25, 0.3) is 0 Å². The lowest BCUT2D eigenvalue weighted by Crippen LogP contribution is -2.52. The number of ether oxygens (including phenoxy) is 1. The van der Waals surface area contributed by atoms with Gasteiger partial charge in [-0.2, -0.15) is 0 Å². The molecule has 1 amide bonds. The Morgan fingerprint density at radius 3 is 2.46 bits per heavy atom. The first-order chi connectivity index (χ1) is 11.4. The topological polar surface area (TPSA) is 54.5 Å². The fourth-order valence-electron chi connectivity index (χ4n) is 3.93. The molecule has 2 atom stereocenters. The summed E-state index contributed by atoms with van der Waals surface area (Å²) in [7, 11) is 0.